The van der Waals surface area contributed by atoms with Crippen LogP contribution in [0.3, 0.4) is 0 Å². The lowest BCUT2D eigenvalue weighted by Crippen LogP contribution is -2.36. The van der Waals surface area contributed by atoms with Gasteiger partial charge in [0.05, 0.1) is 0 Å². The molecule has 0 heterocycles. The van der Waals surface area contributed by atoms with Crippen LogP contribution in [-0.4, -0.2) is 31.1 Å². The van der Waals surface area contributed by atoms with Gasteiger partial charge in [0.25, 0.3) is 0 Å². The molecule has 1 aliphatic carbocycles. The maximum atomic E-state index is 5.89. The molecule has 2 nitrogen and oxygen atoms in total. The van der Waals surface area contributed by atoms with Crippen LogP contribution in [0, 0.1) is 0 Å². The van der Waals surface area contributed by atoms with Crippen molar-refractivity contribution in [3.63, 3.8) is 0 Å². The smallest absolute Gasteiger partial charge is 0.119 e. The van der Waals surface area contributed by atoms with E-state index in [1.807, 2.05) is 0 Å². The third-order valence-corrected chi connectivity index (χ3v) is 4.63. The van der Waals surface area contributed by atoms with Crippen LogP contribution in [0.25, 0.3) is 0 Å². The Morgan fingerprint density at radius 2 is 1.67 bits per heavy atom. The third kappa shape index (κ3) is 5.03. The Morgan fingerprint density at radius 1 is 1.05 bits per heavy atom. The molecule has 21 heavy (non-hydrogen) atoms. The van der Waals surface area contributed by atoms with Gasteiger partial charge in [0.1, 0.15) is 12.4 Å². The van der Waals surface area contributed by atoms with Crippen molar-refractivity contribution in [2.24, 2.45) is 0 Å². The average Bonchev–Trinajstić information content (AvgIpc) is 2.47. The molecular weight excluding hydrogens is 258 g/mol. The second-order valence-corrected chi connectivity index (χ2v) is 7.40. The van der Waals surface area contributed by atoms with Gasteiger partial charge in [-0.05, 0) is 43.0 Å². The molecule has 1 aromatic rings. The van der Waals surface area contributed by atoms with Gasteiger partial charge in [-0.3, -0.25) is 0 Å². The summed E-state index contributed by atoms with van der Waals surface area (Å²) in [4.78, 5) is 2.47. The average molecular weight is 289 g/mol. The molecule has 2 rings (SSSR count). The van der Waals surface area contributed by atoms with E-state index in [4.69, 9.17) is 4.74 Å². The van der Waals surface area contributed by atoms with Crippen molar-refractivity contribution in [2.75, 3.05) is 20.2 Å². The third-order valence-electron chi connectivity index (χ3n) is 4.63. The molecule has 0 N–H and O–H groups in total. The lowest BCUT2D eigenvalue weighted by atomic mass is 9.87. The van der Waals surface area contributed by atoms with Gasteiger partial charge < -0.3 is 9.64 Å². The zero-order chi connectivity index (χ0) is 15.3. The first-order chi connectivity index (χ1) is 9.97. The van der Waals surface area contributed by atoms with Crippen LogP contribution in [0.1, 0.15) is 58.4 Å². The van der Waals surface area contributed by atoms with Crippen LogP contribution < -0.4 is 4.74 Å². The van der Waals surface area contributed by atoms with E-state index in [1.54, 1.807) is 0 Å². The molecule has 0 unspecified atom stereocenters. The van der Waals surface area contributed by atoms with Crippen molar-refractivity contribution in [1.29, 1.82) is 0 Å². The normalized spacial score (nSPS) is 17.2. The molecule has 0 aromatic heterocycles. The van der Waals surface area contributed by atoms with E-state index in [2.05, 4.69) is 57.0 Å². The fourth-order valence-electron chi connectivity index (χ4n) is 3.06. The van der Waals surface area contributed by atoms with E-state index in [0.29, 0.717) is 0 Å². The summed E-state index contributed by atoms with van der Waals surface area (Å²) in [5.74, 6) is 0.986. The van der Waals surface area contributed by atoms with Gasteiger partial charge in [0, 0.05) is 12.6 Å². The minimum atomic E-state index is 0.208. The summed E-state index contributed by atoms with van der Waals surface area (Å²) in [6.07, 6.45) is 6.92. The van der Waals surface area contributed by atoms with Gasteiger partial charge in [-0.25, -0.2) is 0 Å². The topological polar surface area (TPSA) is 12.5 Å². The van der Waals surface area contributed by atoms with Crippen LogP contribution in [0.4, 0.5) is 0 Å². The quantitative estimate of drug-likeness (QED) is 0.783. The van der Waals surface area contributed by atoms with Crippen molar-refractivity contribution >= 4 is 0 Å². The van der Waals surface area contributed by atoms with Crippen LogP contribution >= 0.6 is 0 Å². The zero-order valence-corrected chi connectivity index (χ0v) is 14.2. The predicted octanol–water partition coefficient (Wildman–Crippen LogP) is 4.63. The molecule has 0 radical (unpaired) electrons. The SMILES string of the molecule is CN(CCOc1ccc(C(C)(C)C)cc1)C1CCCCC1. The van der Waals surface area contributed by atoms with E-state index < -0.39 is 0 Å². The van der Waals surface area contributed by atoms with Crippen LogP contribution in [0.15, 0.2) is 24.3 Å². The number of rotatable bonds is 5. The van der Waals surface area contributed by atoms with Crippen molar-refractivity contribution in [2.45, 2.75) is 64.3 Å². The summed E-state index contributed by atoms with van der Waals surface area (Å²) >= 11 is 0. The molecular formula is C19H31NO. The Balaban J connectivity index is 1.75. The van der Waals surface area contributed by atoms with Gasteiger partial charge in [0.15, 0.2) is 0 Å². The molecule has 2 heteroatoms. The molecule has 1 saturated carbocycles. The van der Waals surface area contributed by atoms with Crippen LogP contribution in [0.2, 0.25) is 0 Å². The van der Waals surface area contributed by atoms with E-state index >= 15 is 0 Å². The maximum Gasteiger partial charge on any atom is 0.119 e. The Hall–Kier alpha value is -1.02. The molecule has 0 atom stereocenters. The van der Waals surface area contributed by atoms with E-state index in [1.165, 1.54) is 37.7 Å². The number of benzene rings is 1. The van der Waals surface area contributed by atoms with Gasteiger partial charge in [-0.15, -0.1) is 0 Å². The van der Waals surface area contributed by atoms with Crippen molar-refractivity contribution in [3.8, 4) is 5.75 Å². The summed E-state index contributed by atoms with van der Waals surface area (Å²) < 4.78 is 5.89. The highest BCUT2D eigenvalue weighted by Crippen LogP contribution is 2.24. The Morgan fingerprint density at radius 3 is 2.24 bits per heavy atom. The maximum absolute atomic E-state index is 5.89. The number of hydrogen-bond donors (Lipinski definition) is 0. The fourth-order valence-corrected chi connectivity index (χ4v) is 3.06. The molecule has 1 aliphatic rings. The summed E-state index contributed by atoms with van der Waals surface area (Å²) in [5, 5.41) is 0. The van der Waals surface area contributed by atoms with Crippen molar-refractivity contribution in [1.82, 2.24) is 4.90 Å². The van der Waals surface area contributed by atoms with Crippen LogP contribution in [-0.2, 0) is 5.41 Å². The molecule has 0 bridgehead atoms. The van der Waals surface area contributed by atoms with Crippen molar-refractivity contribution < 1.29 is 4.74 Å². The van der Waals surface area contributed by atoms with E-state index in [-0.39, 0.29) is 5.41 Å². The first-order valence-corrected chi connectivity index (χ1v) is 8.40. The lowest BCUT2D eigenvalue weighted by Gasteiger charge is -2.31. The van der Waals surface area contributed by atoms with Gasteiger partial charge >= 0.3 is 0 Å². The summed E-state index contributed by atoms with van der Waals surface area (Å²) in [7, 11) is 2.24. The number of hydrogen-bond acceptors (Lipinski definition) is 2. The Kier molecular flexibility index (Phi) is 5.69. The Labute approximate surface area is 130 Å². The van der Waals surface area contributed by atoms with Gasteiger partial charge in [-0.1, -0.05) is 52.2 Å². The molecule has 0 aliphatic heterocycles. The van der Waals surface area contributed by atoms with E-state index in [9.17, 15) is 0 Å². The lowest BCUT2D eigenvalue weighted by molar-refractivity contribution is 0.160. The highest BCUT2D eigenvalue weighted by Gasteiger charge is 2.17. The second kappa shape index (κ2) is 7.31. The molecule has 118 valence electrons. The predicted molar refractivity (Wildman–Crippen MR) is 90.1 cm³/mol. The fraction of sp³-hybridized carbons (Fsp3) is 0.684. The monoisotopic (exact) mass is 289 g/mol. The van der Waals surface area contributed by atoms with Crippen LogP contribution in [0.5, 0.6) is 5.75 Å². The largest absolute Gasteiger partial charge is 0.492 e. The highest BCUT2D eigenvalue weighted by molar-refractivity contribution is 5.31. The molecule has 0 spiro atoms. The molecule has 0 amide bonds. The number of ether oxygens (including phenoxy) is 1. The second-order valence-electron chi connectivity index (χ2n) is 7.40. The van der Waals surface area contributed by atoms with E-state index in [0.717, 1.165) is 24.9 Å². The summed E-state index contributed by atoms with van der Waals surface area (Å²) in [5.41, 5.74) is 1.56. The first-order valence-electron chi connectivity index (χ1n) is 8.40. The highest BCUT2D eigenvalue weighted by atomic mass is 16.5. The standard InChI is InChI=1S/C19H31NO/c1-19(2,3)16-10-12-18(13-11-16)21-15-14-20(4)17-8-6-5-7-9-17/h10-13,17H,5-9,14-15H2,1-4H3. The van der Waals surface area contributed by atoms with Crippen molar-refractivity contribution in [3.05, 3.63) is 29.8 Å². The van der Waals surface area contributed by atoms with Gasteiger partial charge in [0.2, 0.25) is 0 Å². The number of likely N-dealkylation sites (N-methyl/N-ethyl adjacent to an activating group) is 1. The molecule has 1 aromatic carbocycles. The van der Waals surface area contributed by atoms with Gasteiger partial charge in [-0.2, -0.15) is 0 Å². The molecule has 0 saturated heterocycles. The molecule has 1 fully saturated rings. The summed E-state index contributed by atoms with van der Waals surface area (Å²) in [6.45, 7) is 8.51. The zero-order valence-electron chi connectivity index (χ0n) is 14.2. The minimum Gasteiger partial charge on any atom is -0.492 e. The minimum absolute atomic E-state index is 0.208. The Bertz CT molecular complexity index is 412. The first kappa shape index (κ1) is 16.4. The summed E-state index contributed by atoms with van der Waals surface area (Å²) in [6, 6.07) is 9.33. The number of nitrogens with zero attached hydrogens (tertiary/aromatic N) is 1.